The number of nitrogens with one attached hydrogen (secondary N) is 1. The van der Waals surface area contributed by atoms with Crippen LogP contribution >= 0.6 is 0 Å². The fourth-order valence-electron chi connectivity index (χ4n) is 2.52. The van der Waals surface area contributed by atoms with Crippen molar-refractivity contribution in [2.75, 3.05) is 25.9 Å². The highest BCUT2D eigenvalue weighted by atomic mass is 19.1. The van der Waals surface area contributed by atoms with Crippen LogP contribution in [0.15, 0.2) is 18.2 Å². The molecular formula is C14H20FN3O. The Morgan fingerprint density at radius 2 is 2.16 bits per heavy atom. The van der Waals surface area contributed by atoms with Crippen LogP contribution in [0.3, 0.4) is 0 Å². The number of carbonyl (C=O) groups is 1. The van der Waals surface area contributed by atoms with Gasteiger partial charge in [0.25, 0.3) is 0 Å². The molecule has 1 aliphatic rings. The van der Waals surface area contributed by atoms with Crippen LogP contribution in [0, 0.1) is 11.7 Å². The first-order valence-corrected chi connectivity index (χ1v) is 6.58. The van der Waals surface area contributed by atoms with Gasteiger partial charge in [0, 0.05) is 30.8 Å². The van der Waals surface area contributed by atoms with Gasteiger partial charge in [-0.1, -0.05) is 6.07 Å². The number of hydrogen-bond acceptors (Lipinski definition) is 3. The lowest BCUT2D eigenvalue weighted by atomic mass is 9.95. The number of piperidine rings is 1. The van der Waals surface area contributed by atoms with E-state index in [1.54, 1.807) is 19.2 Å². The van der Waals surface area contributed by atoms with Gasteiger partial charge in [0.1, 0.15) is 5.82 Å². The molecule has 104 valence electrons. The lowest BCUT2D eigenvalue weighted by Gasteiger charge is -2.31. The molecule has 0 bridgehead atoms. The Labute approximate surface area is 112 Å². The summed E-state index contributed by atoms with van der Waals surface area (Å²) < 4.78 is 13.7. The highest BCUT2D eigenvalue weighted by Gasteiger charge is 2.24. The van der Waals surface area contributed by atoms with E-state index in [9.17, 15) is 9.18 Å². The van der Waals surface area contributed by atoms with Crippen molar-refractivity contribution in [3.8, 4) is 0 Å². The number of likely N-dealkylation sites (tertiary alicyclic amines) is 1. The van der Waals surface area contributed by atoms with Crippen molar-refractivity contribution in [2.24, 2.45) is 5.92 Å². The Morgan fingerprint density at radius 1 is 1.47 bits per heavy atom. The second-order valence-electron chi connectivity index (χ2n) is 4.97. The zero-order chi connectivity index (χ0) is 13.8. The molecular weight excluding hydrogens is 245 g/mol. The van der Waals surface area contributed by atoms with Gasteiger partial charge in [-0.25, -0.2) is 4.39 Å². The molecule has 1 aromatic rings. The van der Waals surface area contributed by atoms with Gasteiger partial charge in [-0.2, -0.15) is 0 Å². The predicted molar refractivity (Wildman–Crippen MR) is 72.9 cm³/mol. The molecule has 0 radical (unpaired) electrons. The van der Waals surface area contributed by atoms with Crippen LogP contribution in [0.2, 0.25) is 0 Å². The predicted octanol–water partition coefficient (Wildman–Crippen LogP) is 1.37. The summed E-state index contributed by atoms with van der Waals surface area (Å²) in [6.45, 7) is 2.11. The molecule has 0 aliphatic carbocycles. The molecule has 3 N–H and O–H groups in total. The molecule has 1 fully saturated rings. The maximum Gasteiger partial charge on any atom is 0.222 e. The molecule has 1 aromatic carbocycles. The molecule has 1 heterocycles. The van der Waals surface area contributed by atoms with Crippen molar-refractivity contribution in [3.05, 3.63) is 29.6 Å². The van der Waals surface area contributed by atoms with Crippen LogP contribution < -0.4 is 11.1 Å². The third-order valence-electron chi connectivity index (χ3n) is 3.74. The topological polar surface area (TPSA) is 58.4 Å². The summed E-state index contributed by atoms with van der Waals surface area (Å²) >= 11 is 0. The number of amides is 1. The van der Waals surface area contributed by atoms with E-state index in [-0.39, 0.29) is 17.6 Å². The van der Waals surface area contributed by atoms with Crippen molar-refractivity contribution in [2.45, 2.75) is 19.4 Å². The second kappa shape index (κ2) is 6.02. The first-order chi connectivity index (χ1) is 9.11. The quantitative estimate of drug-likeness (QED) is 0.811. The normalized spacial score (nSPS) is 17.4. The molecule has 5 heteroatoms. The molecule has 2 rings (SSSR count). The molecule has 0 atom stereocenters. The molecule has 1 aliphatic heterocycles. The molecule has 0 saturated carbocycles. The molecule has 0 unspecified atom stereocenters. The van der Waals surface area contributed by atoms with Gasteiger partial charge in [-0.15, -0.1) is 0 Å². The number of anilines is 1. The van der Waals surface area contributed by atoms with E-state index in [0.717, 1.165) is 25.9 Å². The number of benzene rings is 1. The largest absolute Gasteiger partial charge is 0.398 e. The monoisotopic (exact) mass is 265 g/mol. The van der Waals surface area contributed by atoms with Crippen LogP contribution in [0.5, 0.6) is 0 Å². The van der Waals surface area contributed by atoms with Gasteiger partial charge in [-0.05, 0) is 38.1 Å². The van der Waals surface area contributed by atoms with Crippen LogP contribution in [-0.2, 0) is 11.3 Å². The minimum absolute atomic E-state index is 0.0826. The van der Waals surface area contributed by atoms with Crippen LogP contribution in [0.1, 0.15) is 18.4 Å². The van der Waals surface area contributed by atoms with Crippen LogP contribution in [0.25, 0.3) is 0 Å². The fraction of sp³-hybridized carbons (Fsp3) is 0.500. The summed E-state index contributed by atoms with van der Waals surface area (Å²) in [5, 5.41) is 2.68. The molecule has 0 spiro atoms. The highest BCUT2D eigenvalue weighted by Crippen LogP contribution is 2.22. The first-order valence-electron chi connectivity index (χ1n) is 6.58. The standard InChI is InChI=1S/C14H20FN3O/c1-17-14(19)10-5-7-18(8-6-10)9-11-12(15)3-2-4-13(11)16/h2-4,10H,5-9,16H2,1H3,(H,17,19). The summed E-state index contributed by atoms with van der Waals surface area (Å²) in [7, 11) is 1.66. The maximum atomic E-state index is 13.7. The summed E-state index contributed by atoms with van der Waals surface area (Å²) in [5.41, 5.74) is 6.86. The van der Waals surface area contributed by atoms with E-state index in [1.165, 1.54) is 6.07 Å². The van der Waals surface area contributed by atoms with Crippen molar-refractivity contribution in [1.82, 2.24) is 10.2 Å². The number of halogens is 1. The number of rotatable bonds is 3. The van der Waals surface area contributed by atoms with E-state index in [2.05, 4.69) is 10.2 Å². The summed E-state index contributed by atoms with van der Waals surface area (Å²) in [6.07, 6.45) is 1.63. The number of nitrogen functional groups attached to an aromatic ring is 1. The Balaban J connectivity index is 1.94. The highest BCUT2D eigenvalue weighted by molar-refractivity contribution is 5.78. The Bertz CT molecular complexity index is 436. The lowest BCUT2D eigenvalue weighted by Crippen LogP contribution is -2.39. The van der Waals surface area contributed by atoms with Gasteiger partial charge in [0.2, 0.25) is 5.91 Å². The van der Waals surface area contributed by atoms with Crippen molar-refractivity contribution >= 4 is 11.6 Å². The van der Waals surface area contributed by atoms with E-state index >= 15 is 0 Å². The molecule has 4 nitrogen and oxygen atoms in total. The third-order valence-corrected chi connectivity index (χ3v) is 3.74. The third kappa shape index (κ3) is 3.23. The Morgan fingerprint density at radius 3 is 2.74 bits per heavy atom. The zero-order valence-electron chi connectivity index (χ0n) is 11.2. The van der Waals surface area contributed by atoms with E-state index < -0.39 is 0 Å². The average Bonchev–Trinajstić information content (AvgIpc) is 2.43. The Hall–Kier alpha value is -1.62. The SMILES string of the molecule is CNC(=O)C1CCN(Cc2c(N)cccc2F)CC1. The number of hydrogen-bond donors (Lipinski definition) is 2. The summed E-state index contributed by atoms with van der Waals surface area (Å²) in [4.78, 5) is 13.7. The van der Waals surface area contributed by atoms with E-state index in [0.29, 0.717) is 17.8 Å². The van der Waals surface area contributed by atoms with E-state index in [4.69, 9.17) is 5.73 Å². The lowest BCUT2D eigenvalue weighted by molar-refractivity contribution is -0.125. The number of nitrogens with zero attached hydrogens (tertiary/aromatic N) is 1. The maximum absolute atomic E-state index is 13.7. The first kappa shape index (κ1) is 13.8. The van der Waals surface area contributed by atoms with Gasteiger partial charge in [0.05, 0.1) is 0 Å². The van der Waals surface area contributed by atoms with Gasteiger partial charge < -0.3 is 11.1 Å². The fourth-order valence-corrected chi connectivity index (χ4v) is 2.52. The second-order valence-corrected chi connectivity index (χ2v) is 4.97. The van der Waals surface area contributed by atoms with Gasteiger partial charge in [-0.3, -0.25) is 9.69 Å². The smallest absolute Gasteiger partial charge is 0.222 e. The number of nitrogens with two attached hydrogens (primary N) is 1. The molecule has 19 heavy (non-hydrogen) atoms. The minimum atomic E-state index is -0.256. The van der Waals surface area contributed by atoms with Crippen LogP contribution in [0.4, 0.5) is 10.1 Å². The van der Waals surface area contributed by atoms with Crippen molar-refractivity contribution in [3.63, 3.8) is 0 Å². The number of carbonyl (C=O) groups excluding carboxylic acids is 1. The van der Waals surface area contributed by atoms with E-state index in [1.807, 2.05) is 0 Å². The summed E-state index contributed by atoms with van der Waals surface area (Å²) in [5.74, 6) is -0.0716. The summed E-state index contributed by atoms with van der Waals surface area (Å²) in [6, 6.07) is 4.77. The average molecular weight is 265 g/mol. The van der Waals surface area contributed by atoms with Gasteiger partial charge >= 0.3 is 0 Å². The minimum Gasteiger partial charge on any atom is -0.398 e. The van der Waals surface area contributed by atoms with Crippen molar-refractivity contribution in [1.29, 1.82) is 0 Å². The molecule has 1 amide bonds. The van der Waals surface area contributed by atoms with Crippen molar-refractivity contribution < 1.29 is 9.18 Å². The molecule has 0 aromatic heterocycles. The van der Waals surface area contributed by atoms with Gasteiger partial charge in [0.15, 0.2) is 0 Å². The Kier molecular flexibility index (Phi) is 4.37. The molecule has 1 saturated heterocycles. The zero-order valence-corrected chi connectivity index (χ0v) is 11.2. The van der Waals surface area contributed by atoms with Crippen LogP contribution in [-0.4, -0.2) is 30.9 Å².